The number of hydrogen-bond donors (Lipinski definition) is 0. The molecule has 0 bridgehead atoms. The van der Waals surface area contributed by atoms with Crippen LogP contribution in [-0.2, 0) is 9.53 Å². The SMILES string of the molecule is CC(C)(C)OC(=O)/C=C/c1ccccc1N=C=S. The lowest BCUT2D eigenvalue weighted by Crippen LogP contribution is -2.22. The van der Waals surface area contributed by atoms with Crippen LogP contribution in [0.15, 0.2) is 35.3 Å². The molecule has 0 spiro atoms. The van der Waals surface area contributed by atoms with Crippen molar-refractivity contribution < 1.29 is 9.53 Å². The highest BCUT2D eigenvalue weighted by Gasteiger charge is 2.13. The van der Waals surface area contributed by atoms with Gasteiger partial charge in [-0.1, -0.05) is 18.2 Å². The third kappa shape index (κ3) is 5.04. The lowest BCUT2D eigenvalue weighted by atomic mass is 10.1. The summed E-state index contributed by atoms with van der Waals surface area (Å²) in [6, 6.07) is 7.34. The maximum absolute atomic E-state index is 11.5. The second-order valence-corrected chi connectivity index (χ2v) is 4.81. The maximum atomic E-state index is 11.5. The first-order valence-electron chi connectivity index (χ1n) is 5.50. The van der Waals surface area contributed by atoms with E-state index in [1.807, 2.05) is 39.0 Å². The first-order chi connectivity index (χ1) is 8.42. The Labute approximate surface area is 112 Å². The summed E-state index contributed by atoms with van der Waals surface area (Å²) in [6.07, 6.45) is 3.03. The van der Waals surface area contributed by atoms with Gasteiger partial charge in [0.2, 0.25) is 0 Å². The van der Waals surface area contributed by atoms with Gasteiger partial charge in [-0.05, 0) is 45.1 Å². The number of esters is 1. The van der Waals surface area contributed by atoms with Crippen LogP contribution in [0.4, 0.5) is 5.69 Å². The molecule has 0 heterocycles. The molecule has 0 radical (unpaired) electrons. The molecule has 0 amide bonds. The third-order valence-corrected chi connectivity index (χ3v) is 2.00. The van der Waals surface area contributed by atoms with E-state index in [9.17, 15) is 4.79 Å². The first kappa shape index (κ1) is 14.3. The Balaban J connectivity index is 2.85. The largest absolute Gasteiger partial charge is 0.457 e. The molecule has 0 aromatic heterocycles. The van der Waals surface area contributed by atoms with E-state index >= 15 is 0 Å². The van der Waals surface area contributed by atoms with E-state index in [2.05, 4.69) is 22.4 Å². The zero-order valence-corrected chi connectivity index (χ0v) is 11.5. The maximum Gasteiger partial charge on any atom is 0.331 e. The molecule has 0 fully saturated rings. The molecule has 0 aliphatic carbocycles. The average Bonchev–Trinajstić information content (AvgIpc) is 2.26. The summed E-state index contributed by atoms with van der Waals surface area (Å²) in [5.74, 6) is -0.386. The minimum Gasteiger partial charge on any atom is -0.457 e. The predicted octanol–water partition coefficient (Wildman–Crippen LogP) is 3.78. The van der Waals surface area contributed by atoms with Crippen molar-refractivity contribution in [2.24, 2.45) is 4.99 Å². The predicted molar refractivity (Wildman–Crippen MR) is 76.0 cm³/mol. The molecule has 0 unspecified atom stereocenters. The Hall–Kier alpha value is -1.77. The smallest absolute Gasteiger partial charge is 0.331 e. The number of nitrogens with zero attached hydrogens (tertiary/aromatic N) is 1. The van der Waals surface area contributed by atoms with Gasteiger partial charge in [0.15, 0.2) is 0 Å². The topological polar surface area (TPSA) is 38.7 Å². The van der Waals surface area contributed by atoms with Crippen molar-refractivity contribution in [1.82, 2.24) is 0 Å². The number of benzene rings is 1. The molecule has 18 heavy (non-hydrogen) atoms. The highest BCUT2D eigenvalue weighted by molar-refractivity contribution is 7.78. The highest BCUT2D eigenvalue weighted by Crippen LogP contribution is 2.19. The van der Waals surface area contributed by atoms with Crippen molar-refractivity contribution in [2.75, 3.05) is 0 Å². The quantitative estimate of drug-likeness (QED) is 0.360. The van der Waals surface area contributed by atoms with Gasteiger partial charge in [0.25, 0.3) is 0 Å². The number of rotatable bonds is 3. The van der Waals surface area contributed by atoms with E-state index in [0.717, 1.165) is 5.56 Å². The van der Waals surface area contributed by atoms with Gasteiger partial charge in [-0.3, -0.25) is 0 Å². The molecule has 1 aromatic carbocycles. The van der Waals surface area contributed by atoms with E-state index in [1.165, 1.54) is 6.08 Å². The van der Waals surface area contributed by atoms with Crippen LogP contribution >= 0.6 is 12.2 Å². The standard InChI is InChI=1S/C14H15NO2S/c1-14(2,3)17-13(16)9-8-11-6-4-5-7-12(11)15-10-18/h4-9H,1-3H3/b9-8+. The Bertz CT molecular complexity index is 509. The number of aliphatic imine (C=N–C) groups is 1. The second-order valence-electron chi connectivity index (χ2n) is 4.63. The van der Waals surface area contributed by atoms with Gasteiger partial charge in [0.1, 0.15) is 5.60 Å². The molecule has 0 saturated carbocycles. The van der Waals surface area contributed by atoms with Crippen LogP contribution in [0.2, 0.25) is 0 Å². The fourth-order valence-corrected chi connectivity index (χ4v) is 1.37. The fourth-order valence-electron chi connectivity index (χ4n) is 1.27. The highest BCUT2D eigenvalue weighted by atomic mass is 32.1. The monoisotopic (exact) mass is 261 g/mol. The minimum atomic E-state index is -0.493. The number of isothiocyanates is 1. The van der Waals surface area contributed by atoms with E-state index in [-0.39, 0.29) is 5.97 Å². The second kappa shape index (κ2) is 6.24. The van der Waals surface area contributed by atoms with Crippen LogP contribution in [0, 0.1) is 0 Å². The zero-order chi connectivity index (χ0) is 13.6. The van der Waals surface area contributed by atoms with Gasteiger partial charge in [-0.2, -0.15) is 4.99 Å². The summed E-state index contributed by atoms with van der Waals surface area (Å²) in [5.41, 5.74) is 0.973. The van der Waals surface area contributed by atoms with E-state index < -0.39 is 5.60 Å². The molecule has 1 rings (SSSR count). The van der Waals surface area contributed by atoms with Crippen LogP contribution in [-0.4, -0.2) is 16.7 Å². The lowest BCUT2D eigenvalue weighted by Gasteiger charge is -2.17. The van der Waals surface area contributed by atoms with Gasteiger partial charge < -0.3 is 4.74 Å². The van der Waals surface area contributed by atoms with Crippen molar-refractivity contribution in [3.05, 3.63) is 35.9 Å². The van der Waals surface area contributed by atoms with E-state index in [1.54, 1.807) is 12.1 Å². The zero-order valence-electron chi connectivity index (χ0n) is 10.6. The molecular formula is C14H15NO2S. The molecule has 0 N–H and O–H groups in total. The molecule has 94 valence electrons. The van der Waals surface area contributed by atoms with Gasteiger partial charge >= 0.3 is 5.97 Å². The van der Waals surface area contributed by atoms with Gasteiger partial charge in [0.05, 0.1) is 10.8 Å². The van der Waals surface area contributed by atoms with Crippen LogP contribution < -0.4 is 0 Å². The first-order valence-corrected chi connectivity index (χ1v) is 5.91. The molecule has 0 aliphatic heterocycles. The molecule has 3 nitrogen and oxygen atoms in total. The Morgan fingerprint density at radius 3 is 2.67 bits per heavy atom. The van der Waals surface area contributed by atoms with E-state index in [4.69, 9.17) is 4.74 Å². The fraction of sp³-hybridized carbons (Fsp3) is 0.286. The minimum absolute atomic E-state index is 0.386. The number of carbonyl (C=O) groups is 1. The summed E-state index contributed by atoms with van der Waals surface area (Å²) >= 11 is 4.57. The molecule has 0 saturated heterocycles. The summed E-state index contributed by atoms with van der Waals surface area (Å²) in [7, 11) is 0. The molecule has 0 atom stereocenters. The van der Waals surface area contributed by atoms with Crippen molar-refractivity contribution in [3.8, 4) is 0 Å². The number of carbonyl (C=O) groups excluding carboxylic acids is 1. The third-order valence-electron chi connectivity index (χ3n) is 1.91. The molecular weight excluding hydrogens is 246 g/mol. The van der Waals surface area contributed by atoms with Crippen LogP contribution in [0.5, 0.6) is 0 Å². The van der Waals surface area contributed by atoms with Crippen LogP contribution in [0.1, 0.15) is 26.3 Å². The Morgan fingerprint density at radius 2 is 2.06 bits per heavy atom. The van der Waals surface area contributed by atoms with Crippen molar-refractivity contribution >= 4 is 35.1 Å². The summed E-state index contributed by atoms with van der Waals surface area (Å²) < 4.78 is 5.17. The normalized spacial score (nSPS) is 11.1. The van der Waals surface area contributed by atoms with Crippen molar-refractivity contribution in [2.45, 2.75) is 26.4 Å². The number of ether oxygens (including phenoxy) is 1. The molecule has 4 heteroatoms. The molecule has 1 aromatic rings. The van der Waals surface area contributed by atoms with Gasteiger partial charge in [0, 0.05) is 11.6 Å². The van der Waals surface area contributed by atoms with Crippen molar-refractivity contribution in [3.63, 3.8) is 0 Å². The number of thiocarbonyl (C=S) groups is 1. The average molecular weight is 261 g/mol. The van der Waals surface area contributed by atoms with Crippen LogP contribution in [0.25, 0.3) is 6.08 Å². The Kier molecular flexibility index (Phi) is 4.95. The Morgan fingerprint density at radius 1 is 1.39 bits per heavy atom. The molecule has 0 aliphatic rings. The lowest BCUT2D eigenvalue weighted by molar-refractivity contribution is -0.148. The van der Waals surface area contributed by atoms with Crippen molar-refractivity contribution in [1.29, 1.82) is 0 Å². The summed E-state index contributed by atoms with van der Waals surface area (Å²) in [6.45, 7) is 5.47. The number of hydrogen-bond acceptors (Lipinski definition) is 4. The number of para-hydroxylation sites is 1. The van der Waals surface area contributed by atoms with Gasteiger partial charge in [-0.25, -0.2) is 4.79 Å². The van der Waals surface area contributed by atoms with Crippen LogP contribution in [0.3, 0.4) is 0 Å². The summed E-state index contributed by atoms with van der Waals surface area (Å²) in [4.78, 5) is 15.4. The van der Waals surface area contributed by atoms with Gasteiger partial charge in [-0.15, -0.1) is 0 Å². The summed E-state index contributed by atoms with van der Waals surface area (Å²) in [5, 5.41) is 2.31. The van der Waals surface area contributed by atoms with E-state index in [0.29, 0.717) is 5.69 Å².